The molecular formula is C23H18F2N6. The van der Waals surface area contributed by atoms with Crippen LogP contribution in [0.25, 0.3) is 28.2 Å². The van der Waals surface area contributed by atoms with Gasteiger partial charge in [-0.3, -0.25) is 9.08 Å². The van der Waals surface area contributed by atoms with Crippen molar-refractivity contribution in [1.82, 2.24) is 24.1 Å². The van der Waals surface area contributed by atoms with E-state index in [1.54, 1.807) is 16.9 Å². The number of aryl methyl sites for hydroxylation is 1. The molecule has 1 N–H and O–H groups in total. The molecule has 0 aliphatic rings. The van der Waals surface area contributed by atoms with Crippen LogP contribution in [0.5, 0.6) is 0 Å². The van der Waals surface area contributed by atoms with Gasteiger partial charge in [-0.05, 0) is 42.0 Å². The van der Waals surface area contributed by atoms with E-state index < -0.39 is 11.6 Å². The van der Waals surface area contributed by atoms with E-state index in [1.165, 1.54) is 18.2 Å². The van der Waals surface area contributed by atoms with Crippen molar-refractivity contribution in [2.24, 2.45) is 7.05 Å². The Morgan fingerprint density at radius 1 is 0.968 bits per heavy atom. The third-order valence-electron chi connectivity index (χ3n) is 5.07. The largest absolute Gasteiger partial charge is 0.366 e. The molecule has 0 fully saturated rings. The summed E-state index contributed by atoms with van der Waals surface area (Å²) in [6, 6.07) is 13.3. The van der Waals surface area contributed by atoms with Crippen LogP contribution in [0.1, 0.15) is 5.56 Å². The summed E-state index contributed by atoms with van der Waals surface area (Å²) in [4.78, 5) is 9.10. The van der Waals surface area contributed by atoms with Crippen molar-refractivity contribution in [2.45, 2.75) is 6.54 Å². The van der Waals surface area contributed by atoms with Gasteiger partial charge in [0, 0.05) is 37.1 Å². The fourth-order valence-corrected chi connectivity index (χ4v) is 3.48. The summed E-state index contributed by atoms with van der Waals surface area (Å²) >= 11 is 0. The summed E-state index contributed by atoms with van der Waals surface area (Å²) < 4.78 is 31.4. The minimum Gasteiger partial charge on any atom is -0.366 e. The van der Waals surface area contributed by atoms with Gasteiger partial charge in [0.05, 0.1) is 23.8 Å². The zero-order chi connectivity index (χ0) is 21.4. The van der Waals surface area contributed by atoms with Crippen LogP contribution in [0.2, 0.25) is 0 Å². The molecule has 0 saturated heterocycles. The summed E-state index contributed by atoms with van der Waals surface area (Å²) in [5.74, 6) is -0.660. The summed E-state index contributed by atoms with van der Waals surface area (Å²) in [5.41, 5.74) is 4.30. The van der Waals surface area contributed by atoms with Gasteiger partial charge in [0.2, 0.25) is 0 Å². The third-order valence-corrected chi connectivity index (χ3v) is 5.07. The molecule has 0 saturated carbocycles. The normalized spacial score (nSPS) is 11.2. The fraction of sp³-hybridized carbons (Fsp3) is 0.0870. The van der Waals surface area contributed by atoms with Crippen molar-refractivity contribution in [3.05, 3.63) is 90.5 Å². The minimum atomic E-state index is -0.588. The van der Waals surface area contributed by atoms with Gasteiger partial charge >= 0.3 is 0 Å². The molecular weight excluding hydrogens is 398 g/mol. The Labute approximate surface area is 176 Å². The van der Waals surface area contributed by atoms with E-state index in [1.807, 2.05) is 54.3 Å². The summed E-state index contributed by atoms with van der Waals surface area (Å²) in [7, 11) is 1.88. The molecule has 0 aliphatic heterocycles. The third kappa shape index (κ3) is 3.63. The Kier molecular flexibility index (Phi) is 4.66. The van der Waals surface area contributed by atoms with Crippen molar-refractivity contribution in [2.75, 3.05) is 5.32 Å². The van der Waals surface area contributed by atoms with E-state index in [-0.39, 0.29) is 12.1 Å². The Morgan fingerprint density at radius 2 is 1.77 bits per heavy atom. The fourth-order valence-electron chi connectivity index (χ4n) is 3.48. The van der Waals surface area contributed by atoms with Crippen molar-refractivity contribution in [1.29, 1.82) is 0 Å². The van der Waals surface area contributed by atoms with E-state index in [9.17, 15) is 8.78 Å². The van der Waals surface area contributed by atoms with Crippen molar-refractivity contribution in [3.8, 4) is 22.5 Å². The second kappa shape index (κ2) is 7.64. The standard InChI is InChI=1S/C23H18F2N6/c1-30-14-16(11-28-30)15-8-9-31-21(13-27-23(31)10-15)20-6-3-7-22(29-20)26-12-17-18(24)4-2-5-19(17)25/h2-11,13-14H,12H2,1H3,(H,26,29). The lowest BCUT2D eigenvalue weighted by Gasteiger charge is -2.09. The van der Waals surface area contributed by atoms with E-state index >= 15 is 0 Å². The summed E-state index contributed by atoms with van der Waals surface area (Å²) in [6.07, 6.45) is 7.46. The Bertz CT molecular complexity index is 1370. The highest BCUT2D eigenvalue weighted by Crippen LogP contribution is 2.25. The molecule has 4 heterocycles. The molecule has 0 radical (unpaired) electrons. The molecule has 0 unspecified atom stereocenters. The van der Waals surface area contributed by atoms with E-state index in [0.717, 1.165) is 22.5 Å². The zero-order valence-electron chi connectivity index (χ0n) is 16.6. The molecule has 5 aromatic rings. The quantitative estimate of drug-likeness (QED) is 0.452. The predicted octanol–water partition coefficient (Wildman–Crippen LogP) is 4.69. The van der Waals surface area contributed by atoms with Gasteiger partial charge in [-0.15, -0.1) is 0 Å². The first-order valence-corrected chi connectivity index (χ1v) is 9.69. The van der Waals surface area contributed by atoms with Crippen LogP contribution in [-0.4, -0.2) is 24.1 Å². The average molecular weight is 416 g/mol. The van der Waals surface area contributed by atoms with Gasteiger partial charge in [-0.2, -0.15) is 5.10 Å². The smallest absolute Gasteiger partial charge is 0.137 e. The average Bonchev–Trinajstić information content (AvgIpc) is 3.39. The molecule has 5 rings (SSSR count). The number of rotatable bonds is 5. The Hall–Kier alpha value is -4.07. The van der Waals surface area contributed by atoms with Gasteiger partial charge in [-0.1, -0.05) is 12.1 Å². The number of hydrogen-bond acceptors (Lipinski definition) is 4. The lowest BCUT2D eigenvalue weighted by molar-refractivity contribution is 0.560. The number of benzene rings is 1. The zero-order valence-corrected chi connectivity index (χ0v) is 16.6. The first-order chi connectivity index (χ1) is 15.1. The number of nitrogens with one attached hydrogen (secondary N) is 1. The molecule has 8 heteroatoms. The first-order valence-electron chi connectivity index (χ1n) is 9.69. The van der Waals surface area contributed by atoms with Gasteiger partial charge in [0.25, 0.3) is 0 Å². The van der Waals surface area contributed by atoms with Crippen LogP contribution >= 0.6 is 0 Å². The molecule has 154 valence electrons. The molecule has 0 atom stereocenters. The molecule has 6 nitrogen and oxygen atoms in total. The van der Waals surface area contributed by atoms with Crippen molar-refractivity contribution in [3.63, 3.8) is 0 Å². The highest BCUT2D eigenvalue weighted by atomic mass is 19.1. The molecule has 0 amide bonds. The van der Waals surface area contributed by atoms with Crippen molar-refractivity contribution < 1.29 is 8.78 Å². The maximum Gasteiger partial charge on any atom is 0.137 e. The summed E-state index contributed by atoms with van der Waals surface area (Å²) in [5, 5.41) is 7.21. The molecule has 31 heavy (non-hydrogen) atoms. The number of halogens is 2. The van der Waals surface area contributed by atoms with Gasteiger partial charge in [0.15, 0.2) is 0 Å². The second-order valence-electron chi connectivity index (χ2n) is 7.15. The number of anilines is 1. The monoisotopic (exact) mass is 416 g/mol. The minimum absolute atomic E-state index is 0.00339. The lowest BCUT2D eigenvalue weighted by atomic mass is 10.1. The van der Waals surface area contributed by atoms with Gasteiger partial charge < -0.3 is 5.32 Å². The number of fused-ring (bicyclic) bond motifs is 1. The number of aromatic nitrogens is 5. The lowest BCUT2D eigenvalue weighted by Crippen LogP contribution is -2.06. The Morgan fingerprint density at radius 3 is 2.55 bits per heavy atom. The van der Waals surface area contributed by atoms with Crippen molar-refractivity contribution >= 4 is 11.5 Å². The predicted molar refractivity (Wildman–Crippen MR) is 114 cm³/mol. The van der Waals surface area contributed by atoms with E-state index in [0.29, 0.717) is 11.5 Å². The van der Waals surface area contributed by atoms with Crippen LogP contribution in [-0.2, 0) is 13.6 Å². The molecule has 0 spiro atoms. The van der Waals surface area contributed by atoms with Gasteiger partial charge in [-0.25, -0.2) is 18.7 Å². The topological polar surface area (TPSA) is 60.0 Å². The van der Waals surface area contributed by atoms with Crippen LogP contribution < -0.4 is 5.32 Å². The number of pyridine rings is 2. The molecule has 0 aliphatic carbocycles. The van der Waals surface area contributed by atoms with Crippen LogP contribution in [0, 0.1) is 11.6 Å². The summed E-state index contributed by atoms with van der Waals surface area (Å²) in [6.45, 7) is -0.00339. The highest BCUT2D eigenvalue weighted by molar-refractivity contribution is 5.69. The number of nitrogens with zero attached hydrogens (tertiary/aromatic N) is 5. The Balaban J connectivity index is 1.43. The van der Waals surface area contributed by atoms with Crippen LogP contribution in [0.4, 0.5) is 14.6 Å². The highest BCUT2D eigenvalue weighted by Gasteiger charge is 2.11. The first kappa shape index (κ1) is 18.9. The second-order valence-corrected chi connectivity index (χ2v) is 7.15. The number of hydrogen-bond donors (Lipinski definition) is 1. The molecule has 4 aromatic heterocycles. The molecule has 0 bridgehead atoms. The van der Waals surface area contributed by atoms with Gasteiger partial charge in [0.1, 0.15) is 23.1 Å². The van der Waals surface area contributed by atoms with Crippen LogP contribution in [0.15, 0.2) is 73.3 Å². The number of imidazole rings is 1. The SMILES string of the molecule is Cn1cc(-c2ccn3c(-c4cccc(NCc5c(F)cccc5F)n4)cnc3c2)cn1. The maximum atomic E-state index is 13.9. The maximum absolute atomic E-state index is 13.9. The van der Waals surface area contributed by atoms with E-state index in [2.05, 4.69) is 20.4 Å². The van der Waals surface area contributed by atoms with Crippen LogP contribution in [0.3, 0.4) is 0 Å². The van der Waals surface area contributed by atoms with E-state index in [4.69, 9.17) is 0 Å². The molecule has 1 aromatic carbocycles.